The highest BCUT2D eigenvalue weighted by molar-refractivity contribution is 5.74. The number of hydrogen-bond donors (Lipinski definition) is 3. The third-order valence-corrected chi connectivity index (χ3v) is 7.47. The highest BCUT2D eigenvalue weighted by atomic mass is 16.7. The van der Waals surface area contributed by atoms with Crippen LogP contribution in [0.2, 0.25) is 0 Å². The first kappa shape index (κ1) is 28.3. The van der Waals surface area contributed by atoms with Gasteiger partial charge in [0.2, 0.25) is 0 Å². The van der Waals surface area contributed by atoms with E-state index in [1.54, 1.807) is 0 Å². The fourth-order valence-corrected chi connectivity index (χ4v) is 5.28. The second-order valence-electron chi connectivity index (χ2n) is 10.3. The lowest BCUT2D eigenvalue weighted by molar-refractivity contribution is -0.253. The SMILES string of the molecule is CCNC(=O)NCc1ccccc1-c1ccc(C2OC(CN3CCOCC3)CC(c3ccc(CO)cc3)O2)cc1. The predicted molar refractivity (Wildman–Crippen MR) is 153 cm³/mol. The summed E-state index contributed by atoms with van der Waals surface area (Å²) in [4.78, 5) is 14.3. The third-order valence-electron chi connectivity index (χ3n) is 7.47. The Morgan fingerprint density at radius 2 is 1.65 bits per heavy atom. The second-order valence-corrected chi connectivity index (χ2v) is 10.3. The Bertz CT molecular complexity index is 1230. The first-order chi connectivity index (χ1) is 19.6. The fraction of sp³-hybridized carbons (Fsp3) is 0.406. The monoisotopic (exact) mass is 545 g/mol. The lowest BCUT2D eigenvalue weighted by Crippen LogP contribution is -2.44. The first-order valence-electron chi connectivity index (χ1n) is 14.1. The molecular weight excluding hydrogens is 506 g/mol. The van der Waals surface area contributed by atoms with Crippen molar-refractivity contribution in [2.75, 3.05) is 39.4 Å². The van der Waals surface area contributed by atoms with Crippen LogP contribution in [0.1, 0.15) is 48.0 Å². The summed E-state index contributed by atoms with van der Waals surface area (Å²) in [6.07, 6.45) is 0.167. The molecule has 0 saturated carbocycles. The molecule has 3 aromatic rings. The maximum atomic E-state index is 11.9. The minimum atomic E-state index is -0.494. The van der Waals surface area contributed by atoms with Gasteiger partial charge < -0.3 is 30.0 Å². The average molecular weight is 546 g/mol. The van der Waals surface area contributed by atoms with Crippen LogP contribution in [0.4, 0.5) is 4.79 Å². The number of morpholine rings is 1. The molecule has 0 spiro atoms. The van der Waals surface area contributed by atoms with Gasteiger partial charge in [-0.2, -0.15) is 0 Å². The number of amides is 2. The van der Waals surface area contributed by atoms with Crippen LogP contribution < -0.4 is 10.6 Å². The number of carbonyl (C=O) groups is 1. The smallest absolute Gasteiger partial charge is 0.315 e. The normalized spacial score (nSPS) is 21.6. The zero-order valence-corrected chi connectivity index (χ0v) is 23.1. The molecule has 3 unspecified atom stereocenters. The molecule has 40 heavy (non-hydrogen) atoms. The summed E-state index contributed by atoms with van der Waals surface area (Å²) in [6.45, 7) is 7.10. The summed E-state index contributed by atoms with van der Waals surface area (Å²) in [7, 11) is 0. The molecule has 3 aromatic carbocycles. The van der Waals surface area contributed by atoms with Crippen molar-refractivity contribution < 1.29 is 24.1 Å². The van der Waals surface area contributed by atoms with Crippen molar-refractivity contribution in [2.24, 2.45) is 0 Å². The van der Waals surface area contributed by atoms with E-state index in [9.17, 15) is 9.90 Å². The lowest BCUT2D eigenvalue weighted by atomic mass is 9.97. The third kappa shape index (κ3) is 7.27. The Kier molecular flexibility index (Phi) is 9.81. The van der Waals surface area contributed by atoms with Crippen molar-refractivity contribution in [3.63, 3.8) is 0 Å². The predicted octanol–water partition coefficient (Wildman–Crippen LogP) is 4.54. The number of aliphatic hydroxyl groups excluding tert-OH is 1. The van der Waals surface area contributed by atoms with E-state index in [4.69, 9.17) is 14.2 Å². The van der Waals surface area contributed by atoms with Crippen LogP contribution in [-0.4, -0.2) is 61.5 Å². The van der Waals surface area contributed by atoms with Gasteiger partial charge in [-0.05, 0) is 34.7 Å². The molecule has 0 radical (unpaired) electrons. The van der Waals surface area contributed by atoms with Gasteiger partial charge in [-0.1, -0.05) is 72.8 Å². The molecule has 2 aliphatic rings. The van der Waals surface area contributed by atoms with Crippen LogP contribution >= 0.6 is 0 Å². The van der Waals surface area contributed by atoms with Crippen molar-refractivity contribution >= 4 is 6.03 Å². The summed E-state index contributed by atoms with van der Waals surface area (Å²) >= 11 is 0. The number of benzene rings is 3. The summed E-state index contributed by atoms with van der Waals surface area (Å²) in [6, 6.07) is 24.2. The van der Waals surface area contributed by atoms with E-state index < -0.39 is 6.29 Å². The topological polar surface area (TPSA) is 92.3 Å². The second kappa shape index (κ2) is 13.9. The van der Waals surface area contributed by atoms with Crippen molar-refractivity contribution in [3.05, 3.63) is 95.1 Å². The molecule has 2 heterocycles. The number of urea groups is 1. The maximum Gasteiger partial charge on any atom is 0.315 e. The first-order valence-corrected chi connectivity index (χ1v) is 14.1. The maximum absolute atomic E-state index is 11.9. The van der Waals surface area contributed by atoms with Crippen molar-refractivity contribution in [3.8, 4) is 11.1 Å². The number of ether oxygens (including phenoxy) is 3. The minimum absolute atomic E-state index is 0.0140. The van der Waals surface area contributed by atoms with E-state index in [1.807, 2.05) is 49.4 Å². The number of nitrogens with zero attached hydrogens (tertiary/aromatic N) is 1. The van der Waals surface area contributed by atoms with Crippen LogP contribution in [0.25, 0.3) is 11.1 Å². The van der Waals surface area contributed by atoms with E-state index in [0.717, 1.165) is 72.6 Å². The molecule has 3 atom stereocenters. The molecule has 0 bridgehead atoms. The van der Waals surface area contributed by atoms with Crippen LogP contribution in [0.5, 0.6) is 0 Å². The highest BCUT2D eigenvalue weighted by Gasteiger charge is 2.33. The number of hydrogen-bond acceptors (Lipinski definition) is 6. The van der Waals surface area contributed by atoms with Crippen LogP contribution in [-0.2, 0) is 27.4 Å². The highest BCUT2D eigenvalue weighted by Crippen LogP contribution is 2.39. The zero-order chi connectivity index (χ0) is 27.7. The van der Waals surface area contributed by atoms with Gasteiger partial charge in [0.1, 0.15) is 0 Å². The van der Waals surface area contributed by atoms with E-state index >= 15 is 0 Å². The Hall–Kier alpha value is -3.27. The molecule has 2 saturated heterocycles. The Labute approximate surface area is 236 Å². The van der Waals surface area contributed by atoms with Crippen molar-refractivity contribution in [1.82, 2.24) is 15.5 Å². The van der Waals surface area contributed by atoms with Gasteiger partial charge in [-0.3, -0.25) is 4.90 Å². The minimum Gasteiger partial charge on any atom is -0.392 e. The van der Waals surface area contributed by atoms with E-state index in [-0.39, 0.29) is 24.8 Å². The molecular formula is C32H39N3O5. The van der Waals surface area contributed by atoms with Crippen LogP contribution in [0, 0.1) is 0 Å². The summed E-state index contributed by atoms with van der Waals surface area (Å²) in [5.41, 5.74) is 6.11. The van der Waals surface area contributed by atoms with Crippen molar-refractivity contribution in [1.29, 1.82) is 0 Å². The number of aliphatic hydroxyl groups is 1. The van der Waals surface area contributed by atoms with Gasteiger partial charge in [0, 0.05) is 44.7 Å². The molecule has 2 fully saturated rings. The Morgan fingerprint density at radius 3 is 2.38 bits per heavy atom. The standard InChI is InChI=1S/C32H39N3O5/c1-2-33-32(37)34-20-27-5-3-4-6-29(27)24-11-13-26(14-12-24)31-39-28(21-35-15-17-38-18-16-35)19-30(40-31)25-9-7-23(22-36)8-10-25/h3-14,28,30-31,36H,2,15-22H2,1H3,(H2,33,34,37). The largest absolute Gasteiger partial charge is 0.392 e. The fourth-order valence-electron chi connectivity index (χ4n) is 5.28. The van der Waals surface area contributed by atoms with Gasteiger partial charge in [-0.15, -0.1) is 0 Å². The van der Waals surface area contributed by atoms with Gasteiger partial charge in [0.05, 0.1) is 32.0 Å². The Morgan fingerprint density at radius 1 is 0.925 bits per heavy atom. The summed E-state index contributed by atoms with van der Waals surface area (Å²) in [5.74, 6) is 0. The van der Waals surface area contributed by atoms with Gasteiger partial charge in [0.15, 0.2) is 6.29 Å². The molecule has 8 heteroatoms. The molecule has 3 N–H and O–H groups in total. The zero-order valence-electron chi connectivity index (χ0n) is 23.1. The number of carbonyl (C=O) groups excluding carboxylic acids is 1. The molecule has 0 aliphatic carbocycles. The average Bonchev–Trinajstić information content (AvgIpc) is 3.01. The Balaban J connectivity index is 1.33. The van der Waals surface area contributed by atoms with E-state index in [0.29, 0.717) is 13.1 Å². The van der Waals surface area contributed by atoms with E-state index in [1.165, 1.54) is 0 Å². The van der Waals surface area contributed by atoms with Crippen LogP contribution in [0.3, 0.4) is 0 Å². The summed E-state index contributed by atoms with van der Waals surface area (Å²) < 4.78 is 18.6. The summed E-state index contributed by atoms with van der Waals surface area (Å²) in [5, 5.41) is 15.2. The van der Waals surface area contributed by atoms with Gasteiger partial charge in [0.25, 0.3) is 0 Å². The van der Waals surface area contributed by atoms with Gasteiger partial charge >= 0.3 is 6.03 Å². The molecule has 2 aliphatic heterocycles. The number of rotatable bonds is 9. The van der Waals surface area contributed by atoms with Crippen LogP contribution in [0.15, 0.2) is 72.8 Å². The molecule has 8 nitrogen and oxygen atoms in total. The molecule has 5 rings (SSSR count). The lowest BCUT2D eigenvalue weighted by Gasteiger charge is -2.39. The molecule has 212 valence electrons. The quantitative estimate of drug-likeness (QED) is 0.366. The number of nitrogens with one attached hydrogen (secondary N) is 2. The molecule has 2 amide bonds. The van der Waals surface area contributed by atoms with E-state index in [2.05, 4.69) is 45.9 Å². The van der Waals surface area contributed by atoms with Crippen molar-refractivity contribution in [2.45, 2.75) is 45.0 Å². The molecule has 0 aromatic heterocycles. The van der Waals surface area contributed by atoms with Gasteiger partial charge in [-0.25, -0.2) is 4.79 Å².